The van der Waals surface area contributed by atoms with Gasteiger partial charge in [0.25, 0.3) is 0 Å². The number of thiazole rings is 1. The number of aryl methyl sites for hydroxylation is 1. The first kappa shape index (κ1) is 15.3. The Morgan fingerprint density at radius 2 is 2.25 bits per heavy atom. The molecule has 3 heterocycles. The normalized spacial score (nSPS) is 22.5. The van der Waals surface area contributed by atoms with E-state index in [4.69, 9.17) is 4.74 Å². The van der Waals surface area contributed by atoms with Crippen LogP contribution in [0.5, 0.6) is 5.75 Å². The van der Waals surface area contributed by atoms with Gasteiger partial charge in [0.05, 0.1) is 35.7 Å². The molecule has 0 bridgehead atoms. The molecule has 2 aliphatic heterocycles. The number of likely N-dealkylation sites (tertiary alicyclic amines) is 1. The van der Waals surface area contributed by atoms with Crippen LogP contribution < -0.4 is 4.74 Å². The SMILES string of the molecule is Cc1nc(CC(=O)N2CC[C@@]3(CC(=O)c4ccccc4O3)C2)cs1. The molecule has 0 radical (unpaired) electrons. The van der Waals surface area contributed by atoms with E-state index in [2.05, 4.69) is 4.98 Å². The molecule has 124 valence electrons. The smallest absolute Gasteiger partial charge is 0.228 e. The highest BCUT2D eigenvalue weighted by Crippen LogP contribution is 2.38. The summed E-state index contributed by atoms with van der Waals surface area (Å²) in [5.41, 5.74) is 0.888. The van der Waals surface area contributed by atoms with Crippen molar-refractivity contribution in [2.24, 2.45) is 0 Å². The lowest BCUT2D eigenvalue weighted by molar-refractivity contribution is -0.130. The summed E-state index contributed by atoms with van der Waals surface area (Å²) in [6.45, 7) is 3.02. The Kier molecular flexibility index (Phi) is 3.64. The zero-order valence-corrected chi connectivity index (χ0v) is 14.3. The number of fused-ring (bicyclic) bond motifs is 1. The molecule has 0 saturated carbocycles. The van der Waals surface area contributed by atoms with Crippen LogP contribution in [0.4, 0.5) is 0 Å². The van der Waals surface area contributed by atoms with Crippen molar-refractivity contribution in [3.05, 3.63) is 45.9 Å². The van der Waals surface area contributed by atoms with Crippen LogP contribution in [-0.2, 0) is 11.2 Å². The molecule has 1 saturated heterocycles. The van der Waals surface area contributed by atoms with Gasteiger partial charge in [0.1, 0.15) is 11.4 Å². The molecule has 4 rings (SSSR count). The number of ketones is 1. The molecule has 1 spiro atoms. The summed E-state index contributed by atoms with van der Waals surface area (Å²) in [6.07, 6.45) is 1.34. The first-order valence-corrected chi connectivity index (χ1v) is 8.93. The fourth-order valence-corrected chi connectivity index (χ4v) is 4.10. The summed E-state index contributed by atoms with van der Waals surface area (Å²) in [5.74, 6) is 0.784. The van der Waals surface area contributed by atoms with Crippen LogP contribution in [0, 0.1) is 6.92 Å². The van der Waals surface area contributed by atoms with E-state index in [1.807, 2.05) is 30.5 Å². The fourth-order valence-electron chi connectivity index (χ4n) is 3.48. The number of Topliss-reactive ketones (excluding diaryl/α,β-unsaturated/α-hetero) is 1. The van der Waals surface area contributed by atoms with Gasteiger partial charge in [-0.05, 0) is 19.1 Å². The number of rotatable bonds is 2. The van der Waals surface area contributed by atoms with E-state index in [1.54, 1.807) is 22.3 Å². The lowest BCUT2D eigenvalue weighted by atomic mass is 9.89. The van der Waals surface area contributed by atoms with Crippen molar-refractivity contribution in [1.82, 2.24) is 9.88 Å². The van der Waals surface area contributed by atoms with E-state index >= 15 is 0 Å². The average Bonchev–Trinajstić information content (AvgIpc) is 3.14. The molecule has 1 atom stereocenters. The van der Waals surface area contributed by atoms with Crippen molar-refractivity contribution < 1.29 is 14.3 Å². The monoisotopic (exact) mass is 342 g/mol. The molecule has 5 nitrogen and oxygen atoms in total. The summed E-state index contributed by atoms with van der Waals surface area (Å²) in [6, 6.07) is 7.34. The van der Waals surface area contributed by atoms with Gasteiger partial charge in [0.15, 0.2) is 5.78 Å². The number of benzene rings is 1. The number of carbonyl (C=O) groups is 2. The Balaban J connectivity index is 1.48. The van der Waals surface area contributed by atoms with Gasteiger partial charge in [-0.25, -0.2) is 4.98 Å². The maximum Gasteiger partial charge on any atom is 0.228 e. The van der Waals surface area contributed by atoms with Crippen LogP contribution in [0.25, 0.3) is 0 Å². The van der Waals surface area contributed by atoms with Gasteiger partial charge in [-0.3, -0.25) is 9.59 Å². The van der Waals surface area contributed by atoms with E-state index in [0.29, 0.717) is 43.7 Å². The minimum atomic E-state index is -0.570. The molecule has 24 heavy (non-hydrogen) atoms. The van der Waals surface area contributed by atoms with E-state index in [-0.39, 0.29) is 11.7 Å². The quantitative estimate of drug-likeness (QED) is 0.842. The molecule has 1 amide bonds. The Labute approximate surface area is 144 Å². The van der Waals surface area contributed by atoms with Crippen LogP contribution in [0.3, 0.4) is 0 Å². The predicted molar refractivity (Wildman–Crippen MR) is 90.5 cm³/mol. The van der Waals surface area contributed by atoms with Crippen molar-refractivity contribution >= 4 is 23.0 Å². The molecule has 0 aliphatic carbocycles. The Hall–Kier alpha value is -2.21. The minimum Gasteiger partial charge on any atom is -0.484 e. The summed E-state index contributed by atoms with van der Waals surface area (Å²) in [7, 11) is 0. The number of aromatic nitrogens is 1. The number of amides is 1. The second-order valence-electron chi connectivity index (χ2n) is 6.48. The Morgan fingerprint density at radius 1 is 1.42 bits per heavy atom. The van der Waals surface area contributed by atoms with Crippen molar-refractivity contribution in [2.45, 2.75) is 31.8 Å². The van der Waals surface area contributed by atoms with Crippen molar-refractivity contribution in [2.75, 3.05) is 13.1 Å². The first-order chi connectivity index (χ1) is 11.5. The third-order valence-electron chi connectivity index (χ3n) is 4.66. The van der Waals surface area contributed by atoms with Crippen LogP contribution in [-0.4, -0.2) is 40.3 Å². The zero-order chi connectivity index (χ0) is 16.7. The van der Waals surface area contributed by atoms with Crippen LogP contribution >= 0.6 is 11.3 Å². The topological polar surface area (TPSA) is 59.5 Å². The van der Waals surface area contributed by atoms with Gasteiger partial charge < -0.3 is 9.64 Å². The highest BCUT2D eigenvalue weighted by molar-refractivity contribution is 7.09. The summed E-state index contributed by atoms with van der Waals surface area (Å²) in [4.78, 5) is 31.1. The van der Waals surface area contributed by atoms with Gasteiger partial charge in [-0.15, -0.1) is 11.3 Å². The van der Waals surface area contributed by atoms with E-state index in [1.165, 1.54) is 0 Å². The highest BCUT2D eigenvalue weighted by Gasteiger charge is 2.46. The Bertz CT molecular complexity index is 816. The second-order valence-corrected chi connectivity index (χ2v) is 7.54. The number of ether oxygens (including phenoxy) is 1. The molecule has 0 unspecified atom stereocenters. The van der Waals surface area contributed by atoms with Gasteiger partial charge >= 0.3 is 0 Å². The molecule has 2 aliphatic rings. The van der Waals surface area contributed by atoms with E-state index in [0.717, 1.165) is 10.7 Å². The van der Waals surface area contributed by atoms with Gasteiger partial charge in [-0.2, -0.15) is 0 Å². The molecule has 6 heteroatoms. The lowest BCUT2D eigenvalue weighted by Crippen LogP contribution is -2.45. The second kappa shape index (κ2) is 5.70. The Morgan fingerprint density at radius 3 is 3.04 bits per heavy atom. The highest BCUT2D eigenvalue weighted by atomic mass is 32.1. The molecule has 1 aromatic carbocycles. The predicted octanol–water partition coefficient (Wildman–Crippen LogP) is 2.63. The number of nitrogens with zero attached hydrogens (tertiary/aromatic N) is 2. The van der Waals surface area contributed by atoms with Gasteiger partial charge in [0, 0.05) is 18.3 Å². The number of hydrogen-bond acceptors (Lipinski definition) is 5. The maximum atomic E-state index is 12.5. The number of para-hydroxylation sites is 1. The van der Waals surface area contributed by atoms with Crippen LogP contribution in [0.15, 0.2) is 29.6 Å². The first-order valence-electron chi connectivity index (χ1n) is 8.05. The lowest BCUT2D eigenvalue weighted by Gasteiger charge is -2.34. The summed E-state index contributed by atoms with van der Waals surface area (Å²) in [5, 5.41) is 2.89. The summed E-state index contributed by atoms with van der Waals surface area (Å²) < 4.78 is 6.16. The maximum absolute atomic E-state index is 12.5. The third kappa shape index (κ3) is 2.71. The molecule has 1 aromatic heterocycles. The van der Waals surface area contributed by atoms with Crippen molar-refractivity contribution in [1.29, 1.82) is 0 Å². The van der Waals surface area contributed by atoms with Crippen LogP contribution in [0.2, 0.25) is 0 Å². The number of hydrogen-bond donors (Lipinski definition) is 0. The largest absolute Gasteiger partial charge is 0.484 e. The van der Waals surface area contributed by atoms with Crippen molar-refractivity contribution in [3.63, 3.8) is 0 Å². The minimum absolute atomic E-state index is 0.0482. The van der Waals surface area contributed by atoms with Gasteiger partial charge in [0.2, 0.25) is 5.91 Å². The van der Waals surface area contributed by atoms with Gasteiger partial charge in [-0.1, -0.05) is 12.1 Å². The zero-order valence-electron chi connectivity index (χ0n) is 13.4. The summed E-state index contributed by atoms with van der Waals surface area (Å²) >= 11 is 1.55. The van der Waals surface area contributed by atoms with E-state index in [9.17, 15) is 9.59 Å². The number of carbonyl (C=O) groups excluding carboxylic acids is 2. The molecule has 1 fully saturated rings. The van der Waals surface area contributed by atoms with Crippen LogP contribution in [0.1, 0.15) is 33.9 Å². The average molecular weight is 342 g/mol. The standard InChI is InChI=1S/C18H18N2O3S/c1-12-19-13(10-24-12)8-17(22)20-7-6-18(11-20)9-15(21)14-4-2-3-5-16(14)23-18/h2-5,10H,6-9,11H2,1H3/t18-/m1/s1. The molecule has 0 N–H and O–H groups in total. The molecule has 2 aromatic rings. The van der Waals surface area contributed by atoms with E-state index < -0.39 is 5.60 Å². The molecular weight excluding hydrogens is 324 g/mol. The van der Waals surface area contributed by atoms with Crippen molar-refractivity contribution in [3.8, 4) is 5.75 Å². The third-order valence-corrected chi connectivity index (χ3v) is 5.49. The fraction of sp³-hybridized carbons (Fsp3) is 0.389. The molecular formula is C18H18N2O3S.